The van der Waals surface area contributed by atoms with Crippen LogP contribution in [0, 0.1) is 25.5 Å². The number of nitrogens with zero attached hydrogens (tertiary/aromatic N) is 1. The van der Waals surface area contributed by atoms with Crippen molar-refractivity contribution in [2.24, 2.45) is 0 Å². The number of aromatic nitrogens is 1. The topological polar surface area (TPSA) is 39.1 Å². The molecular weight excluding hydrogens is 308 g/mol. The number of hydrogen-bond donors (Lipinski definition) is 0. The molecule has 3 nitrogen and oxygen atoms in total. The van der Waals surface area contributed by atoms with Gasteiger partial charge >= 0.3 is 0 Å². The van der Waals surface area contributed by atoms with E-state index < -0.39 is 21.7 Å². The van der Waals surface area contributed by atoms with Gasteiger partial charge in [0.25, 0.3) is 10.0 Å². The Morgan fingerprint density at radius 3 is 2.27 bits per heavy atom. The lowest BCUT2D eigenvalue weighted by Gasteiger charge is -2.10. The van der Waals surface area contributed by atoms with E-state index in [1.54, 1.807) is 25.1 Å². The van der Waals surface area contributed by atoms with E-state index in [-0.39, 0.29) is 21.4 Å². The second-order valence-electron chi connectivity index (χ2n) is 5.10. The molecule has 2 aromatic carbocycles. The highest BCUT2D eigenvalue weighted by Gasteiger charge is 2.24. The van der Waals surface area contributed by atoms with Crippen molar-refractivity contribution in [3.05, 3.63) is 65.4 Å². The SMILES string of the molecule is Cc1c(F)cc2c(cc(C)n2S(=O)(=O)c2ccccc2)c1F. The maximum atomic E-state index is 14.2. The molecule has 114 valence electrons. The summed E-state index contributed by atoms with van der Waals surface area (Å²) in [7, 11) is -3.92. The van der Waals surface area contributed by atoms with Gasteiger partial charge in [0.15, 0.2) is 0 Å². The van der Waals surface area contributed by atoms with E-state index in [4.69, 9.17) is 0 Å². The summed E-state index contributed by atoms with van der Waals surface area (Å²) in [4.78, 5) is 0.0667. The summed E-state index contributed by atoms with van der Waals surface area (Å²) in [6.07, 6.45) is 0. The van der Waals surface area contributed by atoms with Crippen LogP contribution < -0.4 is 0 Å². The molecule has 0 radical (unpaired) electrons. The molecule has 6 heteroatoms. The molecule has 0 atom stereocenters. The first-order valence-electron chi connectivity index (χ1n) is 6.61. The van der Waals surface area contributed by atoms with Crippen LogP contribution in [0.2, 0.25) is 0 Å². The van der Waals surface area contributed by atoms with Gasteiger partial charge in [0, 0.05) is 16.6 Å². The largest absolute Gasteiger partial charge is 0.268 e. The Hall–Kier alpha value is -2.21. The fourth-order valence-corrected chi connectivity index (χ4v) is 4.06. The van der Waals surface area contributed by atoms with E-state index in [0.29, 0.717) is 5.69 Å². The van der Waals surface area contributed by atoms with Gasteiger partial charge in [-0.15, -0.1) is 0 Å². The van der Waals surface area contributed by atoms with Gasteiger partial charge in [-0.1, -0.05) is 18.2 Å². The molecule has 0 spiro atoms. The molecule has 0 bridgehead atoms. The van der Waals surface area contributed by atoms with E-state index in [1.165, 1.54) is 25.1 Å². The van der Waals surface area contributed by atoms with E-state index in [9.17, 15) is 17.2 Å². The van der Waals surface area contributed by atoms with Gasteiger partial charge in [-0.25, -0.2) is 21.2 Å². The minimum atomic E-state index is -3.92. The van der Waals surface area contributed by atoms with Gasteiger partial charge in [-0.3, -0.25) is 0 Å². The monoisotopic (exact) mass is 321 g/mol. The molecule has 0 aliphatic rings. The predicted molar refractivity (Wildman–Crippen MR) is 80.4 cm³/mol. The van der Waals surface area contributed by atoms with Crippen molar-refractivity contribution in [1.82, 2.24) is 3.97 Å². The van der Waals surface area contributed by atoms with Gasteiger partial charge in [-0.2, -0.15) is 0 Å². The average Bonchev–Trinajstić information content (AvgIpc) is 2.83. The van der Waals surface area contributed by atoms with Crippen LogP contribution in [0.4, 0.5) is 8.78 Å². The molecule has 0 amide bonds. The zero-order valence-corrected chi connectivity index (χ0v) is 12.8. The standard InChI is InChI=1S/C16H13F2NO2S/c1-10-8-13-15(9-14(17)11(2)16(13)18)19(10)22(20,21)12-6-4-3-5-7-12/h3-9H,1-2H3. The fourth-order valence-electron chi connectivity index (χ4n) is 2.51. The van der Waals surface area contributed by atoms with Crippen LogP contribution in [-0.4, -0.2) is 12.4 Å². The van der Waals surface area contributed by atoms with Crippen molar-refractivity contribution < 1.29 is 17.2 Å². The van der Waals surface area contributed by atoms with E-state index >= 15 is 0 Å². The Morgan fingerprint density at radius 1 is 1.00 bits per heavy atom. The second kappa shape index (κ2) is 4.91. The van der Waals surface area contributed by atoms with Gasteiger partial charge in [0.2, 0.25) is 0 Å². The Morgan fingerprint density at radius 2 is 1.64 bits per heavy atom. The number of fused-ring (bicyclic) bond motifs is 1. The first-order valence-corrected chi connectivity index (χ1v) is 8.05. The third kappa shape index (κ3) is 2.02. The highest BCUT2D eigenvalue weighted by Crippen LogP contribution is 2.29. The van der Waals surface area contributed by atoms with Crippen molar-refractivity contribution in [3.63, 3.8) is 0 Å². The molecule has 0 fully saturated rings. The van der Waals surface area contributed by atoms with Crippen LogP contribution in [0.15, 0.2) is 47.4 Å². The molecule has 0 N–H and O–H groups in total. The lowest BCUT2D eigenvalue weighted by atomic mass is 10.1. The van der Waals surface area contributed by atoms with Gasteiger partial charge in [0.05, 0.1) is 10.4 Å². The van der Waals surface area contributed by atoms with Gasteiger partial charge in [0.1, 0.15) is 11.6 Å². The van der Waals surface area contributed by atoms with Gasteiger partial charge in [-0.05, 0) is 38.1 Å². The highest BCUT2D eigenvalue weighted by atomic mass is 32.2. The Kier molecular flexibility index (Phi) is 3.29. The molecule has 0 unspecified atom stereocenters. The summed E-state index contributed by atoms with van der Waals surface area (Å²) in [5.74, 6) is -1.51. The van der Waals surface area contributed by atoms with Crippen LogP contribution >= 0.6 is 0 Å². The Bertz CT molecular complexity index is 977. The molecule has 0 saturated heterocycles. The first-order chi connectivity index (χ1) is 10.3. The Balaban J connectivity index is 2.40. The number of aryl methyl sites for hydroxylation is 1. The molecular formula is C16H13F2NO2S. The zero-order valence-electron chi connectivity index (χ0n) is 12.0. The normalized spacial score (nSPS) is 12.0. The fraction of sp³-hybridized carbons (Fsp3) is 0.125. The second-order valence-corrected chi connectivity index (χ2v) is 6.89. The average molecular weight is 321 g/mol. The van der Waals surface area contributed by atoms with E-state index in [2.05, 4.69) is 0 Å². The Labute approximate surface area is 126 Å². The minimum Gasteiger partial charge on any atom is -0.238 e. The predicted octanol–water partition coefficient (Wildman–Crippen LogP) is 3.77. The van der Waals surface area contributed by atoms with E-state index in [0.717, 1.165) is 10.0 Å². The van der Waals surface area contributed by atoms with Gasteiger partial charge < -0.3 is 0 Å². The summed E-state index contributed by atoms with van der Waals surface area (Å²) in [6, 6.07) is 10.3. The van der Waals surface area contributed by atoms with E-state index in [1.807, 2.05) is 0 Å². The summed E-state index contributed by atoms with van der Waals surface area (Å²) in [6.45, 7) is 2.87. The molecule has 0 saturated carbocycles. The van der Waals surface area contributed by atoms with Crippen LogP contribution in [0.5, 0.6) is 0 Å². The number of benzene rings is 2. The van der Waals surface area contributed by atoms with Crippen molar-refractivity contribution in [1.29, 1.82) is 0 Å². The summed E-state index contributed by atoms with van der Waals surface area (Å²) in [5, 5.41) is 0.0934. The lowest BCUT2D eigenvalue weighted by Crippen LogP contribution is -2.14. The lowest BCUT2D eigenvalue weighted by molar-refractivity contribution is 0.576. The number of rotatable bonds is 2. The molecule has 22 heavy (non-hydrogen) atoms. The highest BCUT2D eigenvalue weighted by molar-refractivity contribution is 7.90. The zero-order chi connectivity index (χ0) is 16.1. The maximum Gasteiger partial charge on any atom is 0.268 e. The summed E-state index contributed by atoms with van der Waals surface area (Å²) >= 11 is 0. The van der Waals surface area contributed by atoms with Crippen LogP contribution in [0.1, 0.15) is 11.3 Å². The smallest absolute Gasteiger partial charge is 0.238 e. The van der Waals surface area contributed by atoms with Crippen molar-refractivity contribution in [3.8, 4) is 0 Å². The van der Waals surface area contributed by atoms with Crippen molar-refractivity contribution in [2.75, 3.05) is 0 Å². The quantitative estimate of drug-likeness (QED) is 0.720. The molecule has 3 aromatic rings. The third-order valence-corrected chi connectivity index (χ3v) is 5.47. The molecule has 0 aliphatic heterocycles. The minimum absolute atomic E-state index is 0.00181. The molecule has 1 heterocycles. The molecule has 3 rings (SSSR count). The van der Waals surface area contributed by atoms with Crippen LogP contribution in [-0.2, 0) is 10.0 Å². The summed E-state index contributed by atoms with van der Waals surface area (Å²) in [5.41, 5.74) is 0.200. The first kappa shape index (κ1) is 14.7. The number of halogens is 2. The molecule has 1 aromatic heterocycles. The van der Waals surface area contributed by atoms with Crippen LogP contribution in [0.3, 0.4) is 0 Å². The maximum absolute atomic E-state index is 14.2. The van der Waals surface area contributed by atoms with Crippen LogP contribution in [0.25, 0.3) is 10.9 Å². The summed E-state index contributed by atoms with van der Waals surface area (Å²) < 4.78 is 54.5. The molecule has 0 aliphatic carbocycles. The number of hydrogen-bond acceptors (Lipinski definition) is 2. The third-order valence-electron chi connectivity index (χ3n) is 3.64. The van der Waals surface area contributed by atoms with Crippen molar-refractivity contribution in [2.45, 2.75) is 18.7 Å². The van der Waals surface area contributed by atoms with Crippen molar-refractivity contribution >= 4 is 20.9 Å².